The lowest BCUT2D eigenvalue weighted by Crippen LogP contribution is -2.47. The second-order valence-electron chi connectivity index (χ2n) is 22.4. The van der Waals surface area contributed by atoms with Crippen LogP contribution in [0, 0.1) is 10.8 Å². The van der Waals surface area contributed by atoms with Crippen LogP contribution in [0.2, 0.25) is 0 Å². The third-order valence-corrected chi connectivity index (χ3v) is 13.7. The van der Waals surface area contributed by atoms with Crippen LogP contribution in [-0.4, -0.2) is 162 Å². The summed E-state index contributed by atoms with van der Waals surface area (Å²) in [5, 5.41) is 86.4. The van der Waals surface area contributed by atoms with Crippen molar-refractivity contribution >= 4 is 35.4 Å². The summed E-state index contributed by atoms with van der Waals surface area (Å²) in [5.41, 5.74) is 6.19. The Morgan fingerprint density at radius 1 is 0.518 bits per heavy atom. The van der Waals surface area contributed by atoms with Crippen molar-refractivity contribution in [3.63, 3.8) is 0 Å². The molecule has 0 amide bonds. The minimum Gasteiger partial charge on any atom is -0.463 e. The number of ether oxygens (including phenoxy) is 4. The predicted molar refractivity (Wildman–Crippen MR) is 314 cm³/mol. The Balaban J connectivity index is 0.000000842. The number of aliphatic hydroxyl groups excluding tert-OH is 9. The van der Waals surface area contributed by atoms with Gasteiger partial charge in [-0.05, 0) is 94.4 Å². The molecular formula is C64H94O19. The molecule has 0 saturated carbocycles. The number of ketones is 2. The zero-order valence-corrected chi connectivity index (χ0v) is 50.7. The second-order valence-corrected chi connectivity index (χ2v) is 22.4. The van der Waals surface area contributed by atoms with Gasteiger partial charge in [0.1, 0.15) is 55.9 Å². The molecule has 10 unspecified atom stereocenters. The maximum atomic E-state index is 13.1. The number of esters is 4. The van der Waals surface area contributed by atoms with Gasteiger partial charge in [-0.3, -0.25) is 28.8 Å². The van der Waals surface area contributed by atoms with Crippen LogP contribution in [0.5, 0.6) is 0 Å². The van der Waals surface area contributed by atoms with Crippen LogP contribution >= 0.6 is 0 Å². The van der Waals surface area contributed by atoms with Crippen molar-refractivity contribution in [1.82, 2.24) is 0 Å². The molecule has 464 valence electrons. The van der Waals surface area contributed by atoms with Crippen molar-refractivity contribution in [2.24, 2.45) is 10.8 Å². The molecule has 19 heteroatoms. The number of Topliss-reactive ketones (excluding diaryl/α,β-unsaturated/α-hetero) is 2. The van der Waals surface area contributed by atoms with Crippen LogP contribution in [0.3, 0.4) is 0 Å². The molecule has 0 bridgehead atoms. The maximum Gasteiger partial charge on any atom is 0.307 e. The highest BCUT2D eigenvalue weighted by atomic mass is 16.6. The molecule has 0 aromatic carbocycles. The average Bonchev–Trinajstić information content (AvgIpc) is 3.50. The normalized spacial score (nSPS) is 20.9. The van der Waals surface area contributed by atoms with Crippen molar-refractivity contribution in [3.05, 3.63) is 130 Å². The van der Waals surface area contributed by atoms with E-state index in [1.54, 1.807) is 20.8 Å². The Morgan fingerprint density at radius 3 is 1.28 bits per heavy atom. The molecule has 0 aromatic rings. The van der Waals surface area contributed by atoms with Crippen LogP contribution in [0.15, 0.2) is 130 Å². The molecule has 0 radical (unpaired) electrons. The molecule has 0 aliphatic heterocycles. The summed E-state index contributed by atoms with van der Waals surface area (Å²) in [7, 11) is 0. The number of carbonyl (C=O) groups excluding carboxylic acids is 6. The Kier molecular flexibility index (Phi) is 33.7. The standard InChI is InChI=1S/C35H50O10.C29H44O9/c1-22(2)11-8-9-12-23(3)13-10-14-24(4)15-16-26-25(5)32(41)29(19-35(26,6)7)45-31(40)18-17-30(39)44-21-28(38)34(43)33(42)27(37)20-36;1-7-9-10-11-18(3)12-13-20-19(4)26(34)23(16-29(20,5)6)38-25(33)15-14-24(32)37-17-22(31)28(36)27(35)21(30)8-2/h8-16,27-29,33-34,36-38,42-43H,17-21H2,1-7H3;9-13,21-23,27-28,30-31,35-36H,7-8,14-17H2,1-6H3/b9-8+,13-10+,16-15+,23-12+,24-14+;10-9+,13-12+,18-11+. The van der Waals surface area contributed by atoms with Crippen molar-refractivity contribution in [2.45, 2.75) is 202 Å². The molecule has 83 heavy (non-hydrogen) atoms. The molecule has 0 heterocycles. The quantitative estimate of drug-likeness (QED) is 0.0215. The van der Waals surface area contributed by atoms with E-state index in [9.17, 15) is 69.6 Å². The van der Waals surface area contributed by atoms with Crippen LogP contribution in [0.1, 0.15) is 141 Å². The minimum absolute atomic E-state index is 0.162. The van der Waals surface area contributed by atoms with E-state index < -0.39 is 122 Å². The first-order valence-corrected chi connectivity index (χ1v) is 28.0. The number of aliphatic hydroxyl groups is 9. The zero-order valence-electron chi connectivity index (χ0n) is 50.7. The number of hydrogen-bond acceptors (Lipinski definition) is 19. The minimum atomic E-state index is -1.88. The molecule has 0 fully saturated rings. The second kappa shape index (κ2) is 37.3. The van der Waals surface area contributed by atoms with E-state index in [0.717, 1.165) is 34.3 Å². The van der Waals surface area contributed by atoms with Crippen LogP contribution < -0.4 is 0 Å². The van der Waals surface area contributed by atoms with E-state index in [0.29, 0.717) is 17.6 Å². The van der Waals surface area contributed by atoms with Gasteiger partial charge in [0.2, 0.25) is 0 Å². The smallest absolute Gasteiger partial charge is 0.307 e. The van der Waals surface area contributed by atoms with Crippen LogP contribution in [0.25, 0.3) is 0 Å². The van der Waals surface area contributed by atoms with Gasteiger partial charge >= 0.3 is 23.9 Å². The molecule has 0 aromatic heterocycles. The molecule has 2 rings (SSSR count). The summed E-state index contributed by atoms with van der Waals surface area (Å²) < 4.78 is 20.5. The SMILES string of the molecule is CC(C)=C/C=C/C=C(C)/C=C/C=C(C)/C=C/C1=C(C)C(=O)C(OC(=O)CCC(=O)OCC(O)C(O)C(O)C(O)CO)CC1(C)C.CC/C=C/C=C(C)/C=C/C1=C(C)C(=O)C(OC(=O)CCC(=O)OCC(O)C(O)C(O)C(O)CC)CC1(C)C. The van der Waals surface area contributed by atoms with Gasteiger partial charge in [0.25, 0.3) is 0 Å². The van der Waals surface area contributed by atoms with Gasteiger partial charge in [-0.2, -0.15) is 0 Å². The Labute approximate surface area is 490 Å². The molecule has 2 aliphatic rings. The van der Waals surface area contributed by atoms with Crippen molar-refractivity contribution in [3.8, 4) is 0 Å². The van der Waals surface area contributed by atoms with Gasteiger partial charge in [-0.25, -0.2) is 0 Å². The third kappa shape index (κ3) is 27.1. The van der Waals surface area contributed by atoms with Crippen LogP contribution in [0.4, 0.5) is 0 Å². The van der Waals surface area contributed by atoms with E-state index in [1.807, 2.05) is 147 Å². The Bertz CT molecular complexity index is 2520. The number of rotatable bonds is 30. The Hall–Kier alpha value is -6.00. The summed E-state index contributed by atoms with van der Waals surface area (Å²) >= 11 is 0. The lowest BCUT2D eigenvalue weighted by atomic mass is 9.71. The van der Waals surface area contributed by atoms with E-state index in [-0.39, 0.29) is 43.7 Å². The van der Waals surface area contributed by atoms with Crippen molar-refractivity contribution in [1.29, 1.82) is 0 Å². The third-order valence-electron chi connectivity index (χ3n) is 13.7. The molecular weight excluding hydrogens is 1070 g/mol. The fourth-order valence-corrected chi connectivity index (χ4v) is 8.55. The highest BCUT2D eigenvalue weighted by Crippen LogP contribution is 2.42. The van der Waals surface area contributed by atoms with Crippen LogP contribution in [-0.2, 0) is 47.7 Å². The van der Waals surface area contributed by atoms with Gasteiger partial charge in [0, 0.05) is 12.8 Å². The fourth-order valence-electron chi connectivity index (χ4n) is 8.55. The average molecular weight is 1170 g/mol. The van der Waals surface area contributed by atoms with E-state index in [2.05, 4.69) is 6.92 Å². The lowest BCUT2D eigenvalue weighted by molar-refractivity contribution is -0.161. The summed E-state index contributed by atoms with van der Waals surface area (Å²) in [4.78, 5) is 74.9. The number of allylic oxidation sites excluding steroid dienone is 20. The molecule has 2 aliphatic carbocycles. The predicted octanol–water partition coefficient (Wildman–Crippen LogP) is 6.36. The molecule has 9 N–H and O–H groups in total. The zero-order chi connectivity index (χ0) is 63.4. The highest BCUT2D eigenvalue weighted by Gasteiger charge is 2.41. The lowest BCUT2D eigenvalue weighted by Gasteiger charge is -2.36. The van der Waals surface area contributed by atoms with E-state index >= 15 is 0 Å². The van der Waals surface area contributed by atoms with E-state index in [1.165, 1.54) is 5.57 Å². The van der Waals surface area contributed by atoms with Gasteiger partial charge in [-0.1, -0.05) is 149 Å². The van der Waals surface area contributed by atoms with E-state index in [4.69, 9.17) is 24.1 Å². The monoisotopic (exact) mass is 1170 g/mol. The molecule has 19 nitrogen and oxygen atoms in total. The van der Waals surface area contributed by atoms with Gasteiger partial charge in [-0.15, -0.1) is 0 Å². The van der Waals surface area contributed by atoms with Gasteiger partial charge in [0.05, 0.1) is 38.4 Å². The number of carbonyl (C=O) groups is 6. The summed E-state index contributed by atoms with van der Waals surface area (Å²) in [5.74, 6) is -3.79. The summed E-state index contributed by atoms with van der Waals surface area (Å²) in [6, 6.07) is 0. The van der Waals surface area contributed by atoms with Gasteiger partial charge in [0.15, 0.2) is 23.8 Å². The maximum absolute atomic E-state index is 13.1. The first-order chi connectivity index (χ1) is 38.7. The van der Waals surface area contributed by atoms with Crippen molar-refractivity contribution in [2.75, 3.05) is 19.8 Å². The van der Waals surface area contributed by atoms with Gasteiger partial charge < -0.3 is 64.9 Å². The molecule has 10 atom stereocenters. The highest BCUT2D eigenvalue weighted by molar-refractivity contribution is 6.02. The topological polar surface area (TPSA) is 321 Å². The first-order valence-electron chi connectivity index (χ1n) is 28.0. The fraction of sp³-hybridized carbons (Fsp3) is 0.562. The Morgan fingerprint density at radius 2 is 0.880 bits per heavy atom. The summed E-state index contributed by atoms with van der Waals surface area (Å²) in [6.07, 6.45) is 12.7. The van der Waals surface area contributed by atoms with Crippen molar-refractivity contribution < 1.29 is 93.7 Å². The number of hydrogen-bond donors (Lipinski definition) is 9. The summed E-state index contributed by atoms with van der Waals surface area (Å²) in [6.45, 7) is 22.8. The first kappa shape index (κ1) is 75.0. The largest absolute Gasteiger partial charge is 0.463 e. The molecule has 0 saturated heterocycles. The molecule has 0 spiro atoms.